The quantitative estimate of drug-likeness (QED) is 0.173. The maximum absolute atomic E-state index is 10.4. The van der Waals surface area contributed by atoms with Gasteiger partial charge < -0.3 is 14.0 Å². The third-order valence-corrected chi connectivity index (χ3v) is 10.6. The van der Waals surface area contributed by atoms with E-state index in [0.717, 1.165) is 66.7 Å². The highest BCUT2D eigenvalue weighted by atomic mass is 15.1. The Balaban J connectivity index is 1.30. The van der Waals surface area contributed by atoms with Gasteiger partial charge in [0.05, 0.1) is 38.9 Å². The van der Waals surface area contributed by atoms with Gasteiger partial charge in [0.1, 0.15) is 12.1 Å². The normalized spacial score (nSPS) is 11.2. The Hall–Kier alpha value is -7.86. The van der Waals surface area contributed by atoms with Crippen molar-refractivity contribution in [3.05, 3.63) is 199 Å². The van der Waals surface area contributed by atoms with E-state index in [1.54, 1.807) is 6.07 Å². The zero-order valence-corrected chi connectivity index (χ0v) is 29.6. The largest absolute Gasteiger partial charge is 0.310 e. The van der Waals surface area contributed by atoms with Gasteiger partial charge in [0, 0.05) is 44.3 Å². The van der Waals surface area contributed by atoms with Crippen molar-refractivity contribution in [1.82, 2.24) is 9.13 Å². The third-order valence-electron chi connectivity index (χ3n) is 10.6. The van der Waals surface area contributed by atoms with E-state index >= 15 is 0 Å². The topological polar surface area (TPSA) is 60.7 Å². The molecule has 0 radical (unpaired) electrons. The lowest BCUT2D eigenvalue weighted by Crippen LogP contribution is -2.09. The number of para-hydroxylation sites is 4. The monoisotopic (exact) mass is 701 g/mol. The number of benzene rings is 8. The molecule has 0 N–H and O–H groups in total. The van der Waals surface area contributed by atoms with Gasteiger partial charge in [-0.15, -0.1) is 0 Å². The lowest BCUT2D eigenvalue weighted by Gasteiger charge is -2.25. The molecule has 0 aliphatic carbocycles. The van der Waals surface area contributed by atoms with E-state index in [1.165, 1.54) is 10.8 Å². The van der Waals surface area contributed by atoms with Crippen molar-refractivity contribution < 1.29 is 0 Å². The van der Waals surface area contributed by atoms with Crippen LogP contribution in [0.3, 0.4) is 0 Å². The number of hydrogen-bond donors (Lipinski definition) is 0. The minimum absolute atomic E-state index is 0.348. The molecule has 0 amide bonds. The van der Waals surface area contributed by atoms with Crippen molar-refractivity contribution in [2.45, 2.75) is 0 Å². The Morgan fingerprint density at radius 3 is 1.78 bits per heavy atom. The van der Waals surface area contributed by atoms with E-state index in [-0.39, 0.29) is 0 Å². The first kappa shape index (κ1) is 31.8. The van der Waals surface area contributed by atoms with E-state index in [1.807, 2.05) is 30.3 Å². The van der Waals surface area contributed by atoms with E-state index in [2.05, 4.69) is 178 Å². The first-order valence-corrected chi connectivity index (χ1v) is 18.2. The molecule has 0 saturated carbocycles. The molecule has 0 spiro atoms. The molecule has 0 atom stereocenters. The van der Waals surface area contributed by atoms with Gasteiger partial charge >= 0.3 is 0 Å². The van der Waals surface area contributed by atoms with Gasteiger partial charge in [-0.1, -0.05) is 103 Å². The van der Waals surface area contributed by atoms with Crippen molar-refractivity contribution in [3.63, 3.8) is 0 Å². The maximum atomic E-state index is 10.4. The molecule has 2 aromatic heterocycles. The summed E-state index contributed by atoms with van der Waals surface area (Å²) in [6.07, 6.45) is 0. The van der Waals surface area contributed by atoms with Gasteiger partial charge in [0.15, 0.2) is 0 Å². The fraction of sp³-hybridized carbons (Fsp3) is 0. The minimum Gasteiger partial charge on any atom is -0.310 e. The third kappa shape index (κ3) is 5.07. The molecule has 5 heteroatoms. The predicted octanol–water partition coefficient (Wildman–Crippen LogP) is 12.8. The molecule has 8 aromatic carbocycles. The summed E-state index contributed by atoms with van der Waals surface area (Å²) in [7, 11) is 0. The summed E-state index contributed by atoms with van der Waals surface area (Å²) in [5.74, 6) is 0. The van der Waals surface area contributed by atoms with Crippen molar-refractivity contribution in [2.75, 3.05) is 4.90 Å². The number of anilines is 3. The minimum atomic E-state index is 0.348. The maximum Gasteiger partial charge on any atom is 0.103 e. The SMILES string of the molecule is N#Cc1cccc(-n2c3ccc(N(c4ccccc4)c4ccccc4)cc3c3c(-c4ccc5c6ccccc6n(-c6ccccc6)c5c4)cccc32)c1C#N. The van der Waals surface area contributed by atoms with Crippen LogP contribution in [0.1, 0.15) is 11.1 Å². The molecule has 0 fully saturated rings. The predicted molar refractivity (Wildman–Crippen MR) is 225 cm³/mol. The molecule has 10 rings (SSSR count). The van der Waals surface area contributed by atoms with Gasteiger partial charge in [-0.05, 0) is 96.1 Å². The molecule has 0 saturated heterocycles. The molecule has 0 aliphatic rings. The van der Waals surface area contributed by atoms with Crippen molar-refractivity contribution in [1.29, 1.82) is 10.5 Å². The molecule has 256 valence electrons. The Kier molecular flexibility index (Phi) is 7.51. The zero-order valence-electron chi connectivity index (χ0n) is 29.6. The second-order valence-corrected chi connectivity index (χ2v) is 13.6. The Bertz CT molecular complexity index is 3120. The van der Waals surface area contributed by atoms with Crippen LogP contribution in [0.4, 0.5) is 17.1 Å². The lowest BCUT2D eigenvalue weighted by molar-refractivity contribution is 1.16. The highest BCUT2D eigenvalue weighted by Crippen LogP contribution is 2.44. The number of hydrogen-bond acceptors (Lipinski definition) is 3. The fourth-order valence-electron chi connectivity index (χ4n) is 8.23. The van der Waals surface area contributed by atoms with Crippen LogP contribution in [-0.2, 0) is 0 Å². The average Bonchev–Trinajstić information content (AvgIpc) is 3.76. The Morgan fingerprint density at radius 1 is 0.418 bits per heavy atom. The summed E-state index contributed by atoms with van der Waals surface area (Å²) >= 11 is 0. The summed E-state index contributed by atoms with van der Waals surface area (Å²) in [5, 5.41) is 25.0. The van der Waals surface area contributed by atoms with E-state index < -0.39 is 0 Å². The summed E-state index contributed by atoms with van der Waals surface area (Å²) in [6.45, 7) is 0. The molecule has 2 heterocycles. The molecule has 0 unspecified atom stereocenters. The van der Waals surface area contributed by atoms with Crippen LogP contribution in [0.15, 0.2) is 188 Å². The molecule has 0 bridgehead atoms. The Labute approximate surface area is 318 Å². The standard InChI is InChI=1S/C50H31N5/c51-32-35-14-12-24-46(44(35)33-52)55-47-29-27-39(53(36-15-4-1-5-16-36)37-17-6-2-7-18-37)31-43(47)50-40(22-13-25-48(50)55)34-26-28-42-41-21-10-11-23-45(41)54(49(42)30-34)38-19-8-3-9-20-38/h1-31H. The zero-order chi connectivity index (χ0) is 36.9. The number of nitrogens with zero attached hydrogens (tertiary/aromatic N) is 5. The number of aromatic nitrogens is 2. The molecule has 55 heavy (non-hydrogen) atoms. The molecular weight excluding hydrogens is 671 g/mol. The van der Waals surface area contributed by atoms with Crippen molar-refractivity contribution >= 4 is 60.7 Å². The van der Waals surface area contributed by atoms with Crippen LogP contribution in [0.2, 0.25) is 0 Å². The van der Waals surface area contributed by atoms with Crippen molar-refractivity contribution in [3.8, 4) is 34.6 Å². The molecule has 5 nitrogen and oxygen atoms in total. The van der Waals surface area contributed by atoms with Gasteiger partial charge in [0.2, 0.25) is 0 Å². The smallest absolute Gasteiger partial charge is 0.103 e. The Morgan fingerprint density at radius 2 is 1.05 bits per heavy atom. The fourth-order valence-corrected chi connectivity index (χ4v) is 8.23. The number of rotatable bonds is 6. The average molecular weight is 702 g/mol. The number of fused-ring (bicyclic) bond motifs is 6. The number of nitriles is 2. The summed E-state index contributed by atoms with van der Waals surface area (Å²) in [5.41, 5.74) is 11.9. The summed E-state index contributed by atoms with van der Waals surface area (Å²) in [6, 6.07) is 69.7. The van der Waals surface area contributed by atoms with Crippen molar-refractivity contribution in [2.24, 2.45) is 0 Å². The summed E-state index contributed by atoms with van der Waals surface area (Å²) in [4.78, 5) is 2.27. The highest BCUT2D eigenvalue weighted by Gasteiger charge is 2.22. The lowest BCUT2D eigenvalue weighted by atomic mass is 9.98. The van der Waals surface area contributed by atoms with Crippen LogP contribution in [0, 0.1) is 22.7 Å². The van der Waals surface area contributed by atoms with Crippen LogP contribution in [0.5, 0.6) is 0 Å². The molecular formula is C50H31N5. The first-order chi connectivity index (χ1) is 27.2. The molecule has 10 aromatic rings. The highest BCUT2D eigenvalue weighted by molar-refractivity contribution is 6.18. The van der Waals surface area contributed by atoms with E-state index in [4.69, 9.17) is 0 Å². The van der Waals surface area contributed by atoms with Crippen LogP contribution >= 0.6 is 0 Å². The van der Waals surface area contributed by atoms with Crippen LogP contribution < -0.4 is 4.90 Å². The second-order valence-electron chi connectivity index (χ2n) is 13.6. The first-order valence-electron chi connectivity index (χ1n) is 18.2. The van der Waals surface area contributed by atoms with E-state index in [9.17, 15) is 10.5 Å². The van der Waals surface area contributed by atoms with Gasteiger partial charge in [0.25, 0.3) is 0 Å². The van der Waals surface area contributed by atoms with Gasteiger partial charge in [-0.25, -0.2) is 0 Å². The van der Waals surface area contributed by atoms with Crippen LogP contribution in [0.25, 0.3) is 66.1 Å². The summed E-state index contributed by atoms with van der Waals surface area (Å²) < 4.78 is 4.49. The second kappa shape index (κ2) is 13.0. The molecule has 0 aliphatic heterocycles. The van der Waals surface area contributed by atoms with Gasteiger partial charge in [-0.2, -0.15) is 10.5 Å². The van der Waals surface area contributed by atoms with Gasteiger partial charge in [-0.3, -0.25) is 0 Å². The van der Waals surface area contributed by atoms with E-state index in [0.29, 0.717) is 16.8 Å². The van der Waals surface area contributed by atoms with Crippen LogP contribution in [-0.4, -0.2) is 9.13 Å².